The summed E-state index contributed by atoms with van der Waals surface area (Å²) in [6.45, 7) is -0.413. The van der Waals surface area contributed by atoms with Crippen molar-refractivity contribution in [1.29, 1.82) is 0 Å². The number of nitrogens with zero attached hydrogens (tertiary/aromatic N) is 3. The topological polar surface area (TPSA) is 69.0 Å². The number of rotatable bonds is 5. The van der Waals surface area contributed by atoms with Gasteiger partial charge in [0.2, 0.25) is 0 Å². The van der Waals surface area contributed by atoms with Gasteiger partial charge in [-0.15, -0.1) is 0 Å². The molecule has 0 atom stereocenters. The predicted molar refractivity (Wildman–Crippen MR) is 81.8 cm³/mol. The highest BCUT2D eigenvalue weighted by atomic mass is 19.1. The molecule has 0 fully saturated rings. The molecule has 0 unspecified atom stereocenters. The van der Waals surface area contributed by atoms with Crippen molar-refractivity contribution in [3.05, 3.63) is 66.6 Å². The Balaban J connectivity index is 1.56. The van der Waals surface area contributed by atoms with Crippen molar-refractivity contribution in [2.45, 2.75) is 0 Å². The molecular formula is C16H12F2N4O2. The van der Waals surface area contributed by atoms with E-state index in [9.17, 15) is 13.6 Å². The summed E-state index contributed by atoms with van der Waals surface area (Å²) in [5.41, 5.74) is 0.457. The van der Waals surface area contributed by atoms with Crippen LogP contribution in [0.4, 0.5) is 14.5 Å². The number of benzene rings is 1. The van der Waals surface area contributed by atoms with E-state index in [-0.39, 0.29) is 5.75 Å². The van der Waals surface area contributed by atoms with Gasteiger partial charge in [-0.3, -0.25) is 4.79 Å². The molecule has 3 aromatic rings. The number of anilines is 1. The molecule has 6 nitrogen and oxygen atoms in total. The molecule has 0 radical (unpaired) electrons. The molecule has 3 rings (SSSR count). The SMILES string of the molecule is O=C(COc1ccc(F)cc1F)Nc1ccc(-n2cccn2)nc1. The Kier molecular flexibility index (Phi) is 4.46. The van der Waals surface area contributed by atoms with E-state index in [1.165, 1.54) is 6.20 Å². The van der Waals surface area contributed by atoms with Crippen LogP contribution in [-0.2, 0) is 4.79 Å². The van der Waals surface area contributed by atoms with E-state index >= 15 is 0 Å². The van der Waals surface area contributed by atoms with Crippen molar-refractivity contribution in [3.8, 4) is 11.6 Å². The van der Waals surface area contributed by atoms with E-state index in [0.29, 0.717) is 17.6 Å². The highest BCUT2D eigenvalue weighted by Gasteiger charge is 2.09. The van der Waals surface area contributed by atoms with Crippen LogP contribution in [0.5, 0.6) is 5.75 Å². The summed E-state index contributed by atoms with van der Waals surface area (Å²) in [4.78, 5) is 16.0. The molecule has 8 heteroatoms. The highest BCUT2D eigenvalue weighted by Crippen LogP contribution is 2.17. The first kappa shape index (κ1) is 15.6. The van der Waals surface area contributed by atoms with E-state index in [1.54, 1.807) is 35.3 Å². The average molecular weight is 330 g/mol. The molecule has 2 heterocycles. The van der Waals surface area contributed by atoms with E-state index < -0.39 is 24.1 Å². The van der Waals surface area contributed by atoms with Gasteiger partial charge in [-0.1, -0.05) is 0 Å². The Hall–Kier alpha value is -3.29. The molecule has 122 valence electrons. The zero-order valence-corrected chi connectivity index (χ0v) is 12.3. The minimum Gasteiger partial charge on any atom is -0.481 e. The lowest BCUT2D eigenvalue weighted by molar-refractivity contribution is -0.118. The second-order valence-electron chi connectivity index (χ2n) is 4.77. The molecule has 0 saturated heterocycles. The Labute approximate surface area is 135 Å². The van der Waals surface area contributed by atoms with Gasteiger partial charge in [0, 0.05) is 18.5 Å². The van der Waals surface area contributed by atoms with Crippen molar-refractivity contribution in [2.24, 2.45) is 0 Å². The fourth-order valence-corrected chi connectivity index (χ4v) is 1.93. The number of carbonyl (C=O) groups excluding carboxylic acids is 1. The molecule has 0 aliphatic heterocycles. The molecule has 24 heavy (non-hydrogen) atoms. The first-order valence-electron chi connectivity index (χ1n) is 6.95. The molecular weight excluding hydrogens is 318 g/mol. The van der Waals surface area contributed by atoms with E-state index in [4.69, 9.17) is 4.74 Å². The number of hydrogen-bond donors (Lipinski definition) is 1. The second-order valence-corrected chi connectivity index (χ2v) is 4.77. The van der Waals surface area contributed by atoms with Crippen LogP contribution in [0.25, 0.3) is 5.82 Å². The molecule has 0 saturated carbocycles. The van der Waals surface area contributed by atoms with Gasteiger partial charge in [-0.05, 0) is 30.3 Å². The number of halogens is 2. The van der Waals surface area contributed by atoms with E-state index in [1.807, 2.05) is 0 Å². The zero-order chi connectivity index (χ0) is 16.9. The molecule has 0 bridgehead atoms. The Morgan fingerprint density at radius 3 is 2.79 bits per heavy atom. The average Bonchev–Trinajstić information content (AvgIpc) is 3.09. The number of carbonyl (C=O) groups is 1. The van der Waals surface area contributed by atoms with Crippen molar-refractivity contribution in [1.82, 2.24) is 14.8 Å². The van der Waals surface area contributed by atoms with Gasteiger partial charge >= 0.3 is 0 Å². The third-order valence-corrected chi connectivity index (χ3v) is 3.02. The third kappa shape index (κ3) is 3.72. The maximum absolute atomic E-state index is 13.4. The smallest absolute Gasteiger partial charge is 0.262 e. The first-order chi connectivity index (χ1) is 11.6. The summed E-state index contributed by atoms with van der Waals surface area (Å²) >= 11 is 0. The van der Waals surface area contributed by atoms with E-state index in [0.717, 1.165) is 12.1 Å². The minimum absolute atomic E-state index is 0.196. The van der Waals surface area contributed by atoms with Crippen LogP contribution in [0.15, 0.2) is 55.0 Å². The fraction of sp³-hybridized carbons (Fsp3) is 0.0625. The van der Waals surface area contributed by atoms with Crippen LogP contribution in [0.2, 0.25) is 0 Å². The van der Waals surface area contributed by atoms with Crippen molar-refractivity contribution in [2.75, 3.05) is 11.9 Å². The van der Waals surface area contributed by atoms with Crippen molar-refractivity contribution < 1.29 is 18.3 Å². The standard InChI is InChI=1S/C16H12F2N4O2/c17-11-2-4-14(13(18)8-11)24-10-16(23)21-12-3-5-15(19-9-12)22-7-1-6-20-22/h1-9H,10H2,(H,21,23). The number of amides is 1. The zero-order valence-electron chi connectivity index (χ0n) is 12.3. The maximum atomic E-state index is 13.4. The monoisotopic (exact) mass is 330 g/mol. The molecule has 0 spiro atoms. The third-order valence-electron chi connectivity index (χ3n) is 3.02. The van der Waals surface area contributed by atoms with E-state index in [2.05, 4.69) is 15.4 Å². The van der Waals surface area contributed by atoms with Gasteiger partial charge in [-0.25, -0.2) is 18.4 Å². The quantitative estimate of drug-likeness (QED) is 0.781. The molecule has 1 aromatic carbocycles. The number of pyridine rings is 1. The molecule has 2 aromatic heterocycles. The number of ether oxygens (including phenoxy) is 1. The van der Waals surface area contributed by atoms with Gasteiger partial charge in [-0.2, -0.15) is 5.10 Å². The Morgan fingerprint density at radius 2 is 2.12 bits per heavy atom. The number of aromatic nitrogens is 3. The summed E-state index contributed by atoms with van der Waals surface area (Å²) < 4.78 is 32.8. The Bertz CT molecular complexity index is 836. The highest BCUT2D eigenvalue weighted by molar-refractivity contribution is 5.91. The largest absolute Gasteiger partial charge is 0.481 e. The molecule has 1 amide bonds. The lowest BCUT2D eigenvalue weighted by atomic mass is 10.3. The van der Waals surface area contributed by atoms with Gasteiger partial charge < -0.3 is 10.1 Å². The predicted octanol–water partition coefficient (Wildman–Crippen LogP) is 2.56. The molecule has 0 aliphatic rings. The van der Waals surface area contributed by atoms with Gasteiger partial charge in [0.1, 0.15) is 5.82 Å². The maximum Gasteiger partial charge on any atom is 0.262 e. The van der Waals surface area contributed by atoms with Crippen LogP contribution >= 0.6 is 0 Å². The van der Waals surface area contributed by atoms with Crippen LogP contribution in [0.3, 0.4) is 0 Å². The van der Waals surface area contributed by atoms with Gasteiger partial charge in [0.15, 0.2) is 24.0 Å². The molecule has 1 N–H and O–H groups in total. The van der Waals surface area contributed by atoms with Gasteiger partial charge in [0.25, 0.3) is 5.91 Å². The van der Waals surface area contributed by atoms with Crippen LogP contribution in [0, 0.1) is 11.6 Å². The number of nitrogens with one attached hydrogen (secondary N) is 1. The Morgan fingerprint density at radius 1 is 1.25 bits per heavy atom. The first-order valence-corrected chi connectivity index (χ1v) is 6.95. The fourth-order valence-electron chi connectivity index (χ4n) is 1.93. The van der Waals surface area contributed by atoms with Crippen LogP contribution in [-0.4, -0.2) is 27.3 Å². The lowest BCUT2D eigenvalue weighted by Crippen LogP contribution is -2.20. The number of hydrogen-bond acceptors (Lipinski definition) is 4. The van der Waals surface area contributed by atoms with Crippen molar-refractivity contribution >= 4 is 11.6 Å². The lowest BCUT2D eigenvalue weighted by Gasteiger charge is -2.08. The summed E-state index contributed by atoms with van der Waals surface area (Å²) in [5.74, 6) is -1.67. The molecule has 0 aliphatic carbocycles. The second kappa shape index (κ2) is 6.86. The van der Waals surface area contributed by atoms with Crippen LogP contribution < -0.4 is 10.1 Å². The van der Waals surface area contributed by atoms with Crippen molar-refractivity contribution in [3.63, 3.8) is 0 Å². The summed E-state index contributed by atoms with van der Waals surface area (Å²) in [6, 6.07) is 7.96. The normalized spacial score (nSPS) is 10.4. The minimum atomic E-state index is -0.868. The van der Waals surface area contributed by atoms with Gasteiger partial charge in [0.05, 0.1) is 11.9 Å². The van der Waals surface area contributed by atoms with Crippen LogP contribution in [0.1, 0.15) is 0 Å². The summed E-state index contributed by atoms with van der Waals surface area (Å²) in [6.07, 6.45) is 4.84. The summed E-state index contributed by atoms with van der Waals surface area (Å²) in [5, 5.41) is 6.60. The summed E-state index contributed by atoms with van der Waals surface area (Å²) in [7, 11) is 0.